The molecule has 0 saturated heterocycles. The number of benzene rings is 2. The Hall–Kier alpha value is -2.37. The molecule has 2 aromatic rings. The van der Waals surface area contributed by atoms with Crippen molar-refractivity contribution in [2.24, 2.45) is 0 Å². The Labute approximate surface area is 120 Å². The van der Waals surface area contributed by atoms with Gasteiger partial charge >= 0.3 is 0 Å². The van der Waals surface area contributed by atoms with Crippen LogP contribution in [0, 0.1) is 17.5 Å². The number of nitrogens with one attached hydrogen (secondary N) is 1. The highest BCUT2D eigenvalue weighted by Gasteiger charge is 2.10. The minimum absolute atomic E-state index is 0.0849. The van der Waals surface area contributed by atoms with E-state index >= 15 is 0 Å². The van der Waals surface area contributed by atoms with E-state index in [4.69, 9.17) is 9.84 Å². The highest BCUT2D eigenvalue weighted by molar-refractivity contribution is 5.48. The maximum absolute atomic E-state index is 13.6. The molecule has 21 heavy (non-hydrogen) atoms. The average Bonchev–Trinajstić information content (AvgIpc) is 2.45. The predicted octanol–water partition coefficient (Wildman–Crippen LogP) is 3.82. The Morgan fingerprint density at radius 2 is 1.71 bits per heavy atom. The van der Waals surface area contributed by atoms with Crippen molar-refractivity contribution >= 4 is 5.69 Å². The topological polar surface area (TPSA) is 41.5 Å². The van der Waals surface area contributed by atoms with E-state index in [1.807, 2.05) is 0 Å². The molecule has 0 atom stereocenters. The first kappa shape index (κ1) is 15.0. The number of aromatic hydroxyl groups is 1. The Balaban J connectivity index is 2.08. The van der Waals surface area contributed by atoms with Crippen molar-refractivity contribution in [3.05, 3.63) is 53.3 Å². The second-order valence-corrected chi connectivity index (χ2v) is 4.34. The fourth-order valence-corrected chi connectivity index (χ4v) is 1.81. The van der Waals surface area contributed by atoms with E-state index in [0.717, 1.165) is 12.1 Å². The van der Waals surface area contributed by atoms with E-state index in [0.29, 0.717) is 12.3 Å². The van der Waals surface area contributed by atoms with E-state index in [1.54, 1.807) is 13.0 Å². The Bertz CT molecular complexity index is 624. The van der Waals surface area contributed by atoms with Gasteiger partial charge in [-0.2, -0.15) is 0 Å². The summed E-state index contributed by atoms with van der Waals surface area (Å²) in [5.74, 6) is -3.46. The SMILES string of the molecule is CCOc1ccc(NCc2cc(F)c(O)c(F)c2)cc1F. The number of rotatable bonds is 5. The van der Waals surface area contributed by atoms with Crippen LogP contribution in [0.25, 0.3) is 0 Å². The van der Waals surface area contributed by atoms with Crippen LogP contribution >= 0.6 is 0 Å². The van der Waals surface area contributed by atoms with Gasteiger partial charge in [-0.15, -0.1) is 0 Å². The van der Waals surface area contributed by atoms with Crippen molar-refractivity contribution in [3.8, 4) is 11.5 Å². The third kappa shape index (κ3) is 3.59. The smallest absolute Gasteiger partial charge is 0.187 e. The fraction of sp³-hybridized carbons (Fsp3) is 0.200. The summed E-state index contributed by atoms with van der Waals surface area (Å²) < 4.78 is 45.0. The molecule has 0 heterocycles. The number of anilines is 1. The summed E-state index contributed by atoms with van der Waals surface area (Å²) in [5.41, 5.74) is 0.738. The molecular weight excluding hydrogens is 283 g/mol. The van der Waals surface area contributed by atoms with Crippen LogP contribution < -0.4 is 10.1 Å². The lowest BCUT2D eigenvalue weighted by Gasteiger charge is -2.10. The zero-order valence-electron chi connectivity index (χ0n) is 11.3. The van der Waals surface area contributed by atoms with E-state index in [9.17, 15) is 13.2 Å². The quantitative estimate of drug-likeness (QED) is 0.881. The van der Waals surface area contributed by atoms with Crippen molar-refractivity contribution in [1.29, 1.82) is 0 Å². The second-order valence-electron chi connectivity index (χ2n) is 4.34. The molecule has 3 nitrogen and oxygen atoms in total. The van der Waals surface area contributed by atoms with Crippen LogP contribution in [0.4, 0.5) is 18.9 Å². The summed E-state index contributed by atoms with van der Waals surface area (Å²) in [6.45, 7) is 2.19. The van der Waals surface area contributed by atoms with E-state index in [1.165, 1.54) is 12.1 Å². The Kier molecular flexibility index (Phi) is 4.57. The summed E-state index contributed by atoms with van der Waals surface area (Å²) >= 11 is 0. The molecule has 2 N–H and O–H groups in total. The Morgan fingerprint density at radius 3 is 2.29 bits per heavy atom. The molecule has 2 aromatic carbocycles. The van der Waals surface area contributed by atoms with Gasteiger partial charge < -0.3 is 15.2 Å². The third-order valence-corrected chi connectivity index (χ3v) is 2.81. The summed E-state index contributed by atoms with van der Waals surface area (Å²) in [6, 6.07) is 6.32. The van der Waals surface area contributed by atoms with Crippen LogP contribution in [0.5, 0.6) is 11.5 Å². The van der Waals surface area contributed by atoms with Gasteiger partial charge in [0.25, 0.3) is 0 Å². The number of halogens is 3. The summed E-state index contributed by atoms with van der Waals surface area (Å²) in [5, 5.41) is 11.8. The van der Waals surface area contributed by atoms with Crippen LogP contribution in [0.15, 0.2) is 30.3 Å². The largest absolute Gasteiger partial charge is 0.503 e. The molecule has 0 aliphatic heterocycles. The van der Waals surface area contributed by atoms with E-state index in [-0.39, 0.29) is 17.9 Å². The minimum Gasteiger partial charge on any atom is -0.503 e. The molecule has 112 valence electrons. The molecule has 0 radical (unpaired) electrons. The molecular formula is C15H14F3NO2. The van der Waals surface area contributed by atoms with E-state index in [2.05, 4.69) is 5.32 Å². The van der Waals surface area contributed by atoms with Gasteiger partial charge in [0.2, 0.25) is 0 Å². The van der Waals surface area contributed by atoms with Crippen molar-refractivity contribution < 1.29 is 23.0 Å². The molecule has 0 aromatic heterocycles. The molecule has 0 saturated carbocycles. The maximum Gasteiger partial charge on any atom is 0.187 e. The highest BCUT2D eigenvalue weighted by atomic mass is 19.1. The van der Waals surface area contributed by atoms with Crippen LogP contribution in [0.3, 0.4) is 0 Å². The van der Waals surface area contributed by atoms with Gasteiger partial charge in [0, 0.05) is 18.3 Å². The van der Waals surface area contributed by atoms with Crippen molar-refractivity contribution in [1.82, 2.24) is 0 Å². The van der Waals surface area contributed by atoms with Gasteiger partial charge in [0.1, 0.15) is 0 Å². The Morgan fingerprint density at radius 1 is 1.05 bits per heavy atom. The van der Waals surface area contributed by atoms with Gasteiger partial charge in [-0.3, -0.25) is 0 Å². The monoisotopic (exact) mass is 297 g/mol. The van der Waals surface area contributed by atoms with Gasteiger partial charge in [-0.25, -0.2) is 13.2 Å². The summed E-state index contributed by atoms with van der Waals surface area (Å²) in [6.07, 6.45) is 0. The summed E-state index contributed by atoms with van der Waals surface area (Å²) in [4.78, 5) is 0. The first-order chi connectivity index (χ1) is 10.0. The third-order valence-electron chi connectivity index (χ3n) is 2.81. The minimum atomic E-state index is -1.04. The highest BCUT2D eigenvalue weighted by Crippen LogP contribution is 2.24. The predicted molar refractivity (Wildman–Crippen MR) is 72.9 cm³/mol. The fourth-order valence-electron chi connectivity index (χ4n) is 1.81. The van der Waals surface area contributed by atoms with Crippen LogP contribution in [-0.2, 0) is 6.54 Å². The van der Waals surface area contributed by atoms with Gasteiger partial charge in [0.05, 0.1) is 6.61 Å². The van der Waals surface area contributed by atoms with Crippen LogP contribution in [-0.4, -0.2) is 11.7 Å². The first-order valence-corrected chi connectivity index (χ1v) is 6.34. The number of phenols is 1. The summed E-state index contributed by atoms with van der Waals surface area (Å²) in [7, 11) is 0. The zero-order valence-corrected chi connectivity index (χ0v) is 11.3. The molecule has 0 aliphatic carbocycles. The molecule has 0 bridgehead atoms. The van der Waals surface area contributed by atoms with Gasteiger partial charge in [0.15, 0.2) is 29.0 Å². The van der Waals surface area contributed by atoms with Crippen molar-refractivity contribution in [2.45, 2.75) is 13.5 Å². The standard InChI is InChI=1S/C15H14F3NO2/c1-2-21-14-4-3-10(7-11(14)16)19-8-9-5-12(17)15(20)13(18)6-9/h3-7,19-20H,2,8H2,1H3. The van der Waals surface area contributed by atoms with Gasteiger partial charge in [-0.1, -0.05) is 0 Å². The molecule has 0 amide bonds. The lowest BCUT2D eigenvalue weighted by Crippen LogP contribution is -2.02. The lowest BCUT2D eigenvalue weighted by atomic mass is 10.2. The number of hydrogen-bond donors (Lipinski definition) is 2. The van der Waals surface area contributed by atoms with E-state index < -0.39 is 23.2 Å². The lowest BCUT2D eigenvalue weighted by molar-refractivity contribution is 0.321. The van der Waals surface area contributed by atoms with Gasteiger partial charge in [-0.05, 0) is 36.8 Å². The normalized spacial score (nSPS) is 10.5. The van der Waals surface area contributed by atoms with Crippen molar-refractivity contribution in [3.63, 3.8) is 0 Å². The molecule has 2 rings (SSSR count). The van der Waals surface area contributed by atoms with Crippen molar-refractivity contribution in [2.75, 3.05) is 11.9 Å². The second kappa shape index (κ2) is 6.39. The number of hydrogen-bond acceptors (Lipinski definition) is 3. The molecule has 0 aliphatic rings. The number of ether oxygens (including phenoxy) is 1. The zero-order chi connectivity index (χ0) is 15.4. The molecule has 0 fully saturated rings. The molecule has 0 unspecified atom stereocenters. The molecule has 0 spiro atoms. The molecule has 6 heteroatoms. The number of phenolic OH excluding ortho intramolecular Hbond substituents is 1. The van der Waals surface area contributed by atoms with Crippen LogP contribution in [0.2, 0.25) is 0 Å². The maximum atomic E-state index is 13.6. The van der Waals surface area contributed by atoms with Crippen LogP contribution in [0.1, 0.15) is 12.5 Å². The average molecular weight is 297 g/mol. The first-order valence-electron chi connectivity index (χ1n) is 6.34.